The molecule has 0 saturated heterocycles. The first-order valence-corrected chi connectivity index (χ1v) is 5.27. The third kappa shape index (κ3) is 1.72. The van der Waals surface area contributed by atoms with E-state index in [0.29, 0.717) is 16.7 Å². The highest BCUT2D eigenvalue weighted by Crippen LogP contribution is 2.17. The van der Waals surface area contributed by atoms with E-state index in [1.54, 1.807) is 30.3 Å². The molecule has 17 heavy (non-hydrogen) atoms. The van der Waals surface area contributed by atoms with Gasteiger partial charge in [-0.25, -0.2) is 4.98 Å². The normalized spacial score (nSPS) is 10.6. The van der Waals surface area contributed by atoms with Gasteiger partial charge in [0.2, 0.25) is 0 Å². The average molecular weight is 223 g/mol. The van der Waals surface area contributed by atoms with Gasteiger partial charge in [-0.05, 0) is 18.2 Å². The van der Waals surface area contributed by atoms with E-state index >= 15 is 0 Å². The van der Waals surface area contributed by atoms with Crippen LogP contribution < -0.4 is 0 Å². The summed E-state index contributed by atoms with van der Waals surface area (Å²) in [5, 5.41) is 0. The summed E-state index contributed by atoms with van der Waals surface area (Å²) >= 11 is 0. The molecule has 3 rings (SSSR count). The van der Waals surface area contributed by atoms with Crippen molar-refractivity contribution in [3.63, 3.8) is 0 Å². The number of hydrogen-bond acceptors (Lipinski definition) is 3. The monoisotopic (exact) mass is 223 g/mol. The summed E-state index contributed by atoms with van der Waals surface area (Å²) in [6.45, 7) is 0. The summed E-state index contributed by atoms with van der Waals surface area (Å²) in [5.74, 6) is -0.0103. The lowest BCUT2D eigenvalue weighted by Crippen LogP contribution is -2.00. The lowest BCUT2D eigenvalue weighted by molar-refractivity contribution is 0.103. The molecule has 0 bridgehead atoms. The van der Waals surface area contributed by atoms with Crippen LogP contribution in [0.1, 0.15) is 15.9 Å². The molecule has 3 aromatic rings. The van der Waals surface area contributed by atoms with Crippen LogP contribution in [0.3, 0.4) is 0 Å². The maximum atomic E-state index is 12.1. The zero-order chi connectivity index (χ0) is 11.7. The van der Waals surface area contributed by atoms with Crippen molar-refractivity contribution in [2.24, 2.45) is 0 Å². The van der Waals surface area contributed by atoms with Gasteiger partial charge in [0.05, 0.1) is 0 Å². The molecule has 3 heteroatoms. The van der Waals surface area contributed by atoms with Crippen LogP contribution in [0.2, 0.25) is 0 Å². The zero-order valence-electron chi connectivity index (χ0n) is 8.96. The highest BCUT2D eigenvalue weighted by Gasteiger charge is 2.10. The van der Waals surface area contributed by atoms with Gasteiger partial charge in [0.25, 0.3) is 0 Å². The van der Waals surface area contributed by atoms with E-state index in [2.05, 4.69) is 4.98 Å². The van der Waals surface area contributed by atoms with Crippen LogP contribution in [-0.4, -0.2) is 10.8 Å². The summed E-state index contributed by atoms with van der Waals surface area (Å²) in [4.78, 5) is 16.2. The van der Waals surface area contributed by atoms with Crippen molar-refractivity contribution >= 4 is 16.9 Å². The molecule has 0 aliphatic carbocycles. The van der Waals surface area contributed by atoms with Gasteiger partial charge in [-0.2, -0.15) is 0 Å². The van der Waals surface area contributed by atoms with E-state index in [1.165, 1.54) is 6.39 Å². The fourth-order valence-corrected chi connectivity index (χ4v) is 1.75. The van der Waals surface area contributed by atoms with Gasteiger partial charge in [-0.15, -0.1) is 0 Å². The smallest absolute Gasteiger partial charge is 0.193 e. The molecule has 0 N–H and O–H groups in total. The van der Waals surface area contributed by atoms with E-state index in [0.717, 1.165) is 5.52 Å². The maximum Gasteiger partial charge on any atom is 0.193 e. The number of benzene rings is 2. The van der Waals surface area contributed by atoms with E-state index in [9.17, 15) is 4.79 Å². The number of carbonyl (C=O) groups is 1. The van der Waals surface area contributed by atoms with Crippen molar-refractivity contribution < 1.29 is 9.21 Å². The van der Waals surface area contributed by atoms with Gasteiger partial charge in [-0.3, -0.25) is 4.79 Å². The van der Waals surface area contributed by atoms with Gasteiger partial charge < -0.3 is 4.42 Å². The fraction of sp³-hybridized carbons (Fsp3) is 0. The van der Waals surface area contributed by atoms with E-state index in [1.807, 2.05) is 18.2 Å². The third-order valence-electron chi connectivity index (χ3n) is 2.63. The minimum absolute atomic E-state index is 0.0103. The number of aromatic nitrogens is 1. The second-order valence-electron chi connectivity index (χ2n) is 3.73. The Morgan fingerprint density at radius 1 is 1.00 bits per heavy atom. The van der Waals surface area contributed by atoms with E-state index in [4.69, 9.17) is 4.42 Å². The minimum Gasteiger partial charge on any atom is -0.443 e. The van der Waals surface area contributed by atoms with Crippen LogP contribution in [0.4, 0.5) is 0 Å². The Morgan fingerprint density at radius 2 is 1.82 bits per heavy atom. The van der Waals surface area contributed by atoms with Gasteiger partial charge in [0.15, 0.2) is 17.8 Å². The second-order valence-corrected chi connectivity index (χ2v) is 3.73. The molecule has 0 aliphatic rings. The molecule has 0 spiro atoms. The number of fused-ring (bicyclic) bond motifs is 1. The summed E-state index contributed by atoms with van der Waals surface area (Å²) in [5.41, 5.74) is 2.67. The summed E-state index contributed by atoms with van der Waals surface area (Å²) in [7, 11) is 0. The Morgan fingerprint density at radius 3 is 2.65 bits per heavy atom. The van der Waals surface area contributed by atoms with Crippen LogP contribution in [0.15, 0.2) is 59.3 Å². The Bertz CT molecular complexity index is 671. The van der Waals surface area contributed by atoms with Crippen molar-refractivity contribution in [2.45, 2.75) is 0 Å². The molecule has 0 aliphatic heterocycles. The van der Waals surface area contributed by atoms with Gasteiger partial charge >= 0.3 is 0 Å². The number of oxazole rings is 1. The number of carbonyl (C=O) groups excluding carboxylic acids is 1. The summed E-state index contributed by atoms with van der Waals surface area (Å²) in [6.07, 6.45) is 1.38. The summed E-state index contributed by atoms with van der Waals surface area (Å²) < 4.78 is 5.18. The molecule has 0 unspecified atom stereocenters. The first kappa shape index (κ1) is 9.78. The van der Waals surface area contributed by atoms with Gasteiger partial charge in [0.1, 0.15) is 5.52 Å². The molecular formula is C14H9NO2. The predicted molar refractivity (Wildman–Crippen MR) is 63.9 cm³/mol. The molecule has 3 nitrogen and oxygen atoms in total. The van der Waals surface area contributed by atoms with Crippen LogP contribution in [-0.2, 0) is 0 Å². The van der Waals surface area contributed by atoms with Crippen LogP contribution >= 0.6 is 0 Å². The SMILES string of the molecule is O=C(c1ccccc1)c1ccc2ncoc2c1. The van der Waals surface area contributed by atoms with E-state index in [-0.39, 0.29) is 5.78 Å². The first-order chi connectivity index (χ1) is 8.34. The summed E-state index contributed by atoms with van der Waals surface area (Å²) in [6, 6.07) is 14.4. The van der Waals surface area contributed by atoms with Crippen LogP contribution in [0.5, 0.6) is 0 Å². The molecule has 1 aromatic heterocycles. The highest BCUT2D eigenvalue weighted by atomic mass is 16.3. The van der Waals surface area contributed by atoms with Crippen molar-refractivity contribution in [3.8, 4) is 0 Å². The standard InChI is InChI=1S/C14H9NO2/c16-14(10-4-2-1-3-5-10)11-6-7-12-13(8-11)17-9-15-12/h1-9H. The number of nitrogens with zero attached hydrogens (tertiary/aromatic N) is 1. The molecule has 0 amide bonds. The molecule has 0 atom stereocenters. The highest BCUT2D eigenvalue weighted by molar-refractivity contribution is 6.10. The van der Waals surface area contributed by atoms with Crippen molar-refractivity contribution in [2.75, 3.05) is 0 Å². The largest absolute Gasteiger partial charge is 0.443 e. The van der Waals surface area contributed by atoms with Gasteiger partial charge in [-0.1, -0.05) is 30.3 Å². The average Bonchev–Trinajstić information content (AvgIpc) is 2.86. The molecule has 0 radical (unpaired) electrons. The molecule has 0 saturated carbocycles. The van der Waals surface area contributed by atoms with Crippen molar-refractivity contribution in [3.05, 3.63) is 66.1 Å². The number of rotatable bonds is 2. The molecule has 1 heterocycles. The van der Waals surface area contributed by atoms with Crippen molar-refractivity contribution in [1.82, 2.24) is 4.98 Å². The Labute approximate surface area is 97.7 Å². The van der Waals surface area contributed by atoms with Crippen LogP contribution in [0, 0.1) is 0 Å². The number of hydrogen-bond donors (Lipinski definition) is 0. The lowest BCUT2D eigenvalue weighted by atomic mass is 10.0. The molecule has 82 valence electrons. The quantitative estimate of drug-likeness (QED) is 0.627. The Hall–Kier alpha value is -2.42. The third-order valence-corrected chi connectivity index (χ3v) is 2.63. The zero-order valence-corrected chi connectivity index (χ0v) is 8.96. The van der Waals surface area contributed by atoms with E-state index < -0.39 is 0 Å². The predicted octanol–water partition coefficient (Wildman–Crippen LogP) is 3.06. The molecular weight excluding hydrogens is 214 g/mol. The minimum atomic E-state index is -0.0103. The van der Waals surface area contributed by atoms with Crippen LogP contribution in [0.25, 0.3) is 11.1 Å². The Kier molecular flexibility index (Phi) is 2.22. The topological polar surface area (TPSA) is 43.1 Å². The molecule has 0 fully saturated rings. The molecule has 2 aromatic carbocycles. The first-order valence-electron chi connectivity index (χ1n) is 5.27. The lowest BCUT2D eigenvalue weighted by Gasteiger charge is -2.00. The van der Waals surface area contributed by atoms with Gasteiger partial charge in [0, 0.05) is 11.1 Å². The fourth-order valence-electron chi connectivity index (χ4n) is 1.75. The second kappa shape index (κ2) is 3.87. The van der Waals surface area contributed by atoms with Crippen molar-refractivity contribution in [1.29, 1.82) is 0 Å². The number of ketones is 1. The Balaban J connectivity index is 2.06. The maximum absolute atomic E-state index is 12.1.